The molecule has 2 aliphatic rings. The number of piperazine rings is 1. The number of hydrogen-bond donors (Lipinski definition) is 1. The lowest BCUT2D eigenvalue weighted by atomic mass is 9.73. The highest BCUT2D eigenvalue weighted by atomic mass is 16.5. The van der Waals surface area contributed by atoms with E-state index in [4.69, 9.17) is 15.2 Å². The third-order valence-electron chi connectivity index (χ3n) is 7.02. The molecule has 0 saturated carbocycles. The van der Waals surface area contributed by atoms with Gasteiger partial charge in [-0.3, -0.25) is 14.6 Å². The number of nitrogens with two attached hydrogens (primary N) is 1. The molecule has 1 aromatic rings. The van der Waals surface area contributed by atoms with Gasteiger partial charge in [0.05, 0.1) is 12.2 Å². The minimum Gasteiger partial charge on any atom is -0.380 e. The van der Waals surface area contributed by atoms with Crippen LogP contribution in [0.1, 0.15) is 51.4 Å². The third-order valence-corrected chi connectivity index (χ3v) is 7.02. The van der Waals surface area contributed by atoms with Crippen LogP contribution in [-0.4, -0.2) is 84.4 Å². The van der Waals surface area contributed by atoms with E-state index in [2.05, 4.69) is 34.7 Å². The summed E-state index contributed by atoms with van der Waals surface area (Å²) in [6.07, 6.45) is 2.86. The van der Waals surface area contributed by atoms with Gasteiger partial charge in [-0.25, -0.2) is 4.98 Å². The standard InChI is InChI=1S/C25H39N5O3/c1-4-32-15-13-29-9-11-30(12-10-29)25(8-14-33-24(2,3)19-25)17-20(23(27)31)16-21-6-5-7-22(18-26)28-21/h5-7,20H,4,8-17,19H2,1-3H3,(H2,27,31). The number of amides is 1. The largest absolute Gasteiger partial charge is 0.380 e. The van der Waals surface area contributed by atoms with Crippen molar-refractivity contribution in [1.82, 2.24) is 14.8 Å². The smallest absolute Gasteiger partial charge is 0.220 e. The van der Waals surface area contributed by atoms with Crippen LogP contribution in [0.15, 0.2) is 18.2 Å². The van der Waals surface area contributed by atoms with Crippen molar-refractivity contribution in [3.8, 4) is 6.07 Å². The second-order valence-corrected chi connectivity index (χ2v) is 9.92. The molecule has 0 spiro atoms. The molecule has 2 aliphatic heterocycles. The summed E-state index contributed by atoms with van der Waals surface area (Å²) in [5.41, 5.74) is 6.60. The Bertz CT molecular complexity index is 832. The molecule has 0 radical (unpaired) electrons. The predicted molar refractivity (Wildman–Crippen MR) is 126 cm³/mol. The highest BCUT2D eigenvalue weighted by Crippen LogP contribution is 2.41. The third kappa shape index (κ3) is 6.97. The number of ether oxygens (including phenoxy) is 2. The lowest BCUT2D eigenvalue weighted by Gasteiger charge is -2.54. The van der Waals surface area contributed by atoms with Gasteiger partial charge in [-0.05, 0) is 52.2 Å². The second kappa shape index (κ2) is 11.4. The van der Waals surface area contributed by atoms with Crippen LogP contribution in [0.25, 0.3) is 0 Å². The number of nitriles is 1. The van der Waals surface area contributed by atoms with E-state index in [1.807, 2.05) is 19.1 Å². The molecule has 0 bridgehead atoms. The summed E-state index contributed by atoms with van der Waals surface area (Å²) in [5.74, 6) is -0.658. The first-order valence-corrected chi connectivity index (χ1v) is 12.1. The Morgan fingerprint density at radius 3 is 2.73 bits per heavy atom. The zero-order valence-electron chi connectivity index (χ0n) is 20.4. The van der Waals surface area contributed by atoms with Crippen LogP contribution < -0.4 is 5.73 Å². The van der Waals surface area contributed by atoms with Gasteiger partial charge < -0.3 is 15.2 Å². The minimum absolute atomic E-state index is 0.152. The van der Waals surface area contributed by atoms with Gasteiger partial charge in [0, 0.05) is 69.5 Å². The Balaban J connectivity index is 1.76. The Labute approximate surface area is 198 Å². The molecule has 2 atom stereocenters. The molecular formula is C25H39N5O3. The number of hydrogen-bond acceptors (Lipinski definition) is 7. The van der Waals surface area contributed by atoms with Crippen LogP contribution in [0, 0.1) is 17.2 Å². The Morgan fingerprint density at radius 2 is 2.09 bits per heavy atom. The number of rotatable bonds is 10. The quantitative estimate of drug-likeness (QED) is 0.536. The van der Waals surface area contributed by atoms with Gasteiger partial charge in [-0.1, -0.05) is 6.07 Å². The Hall–Kier alpha value is -2.05. The van der Waals surface area contributed by atoms with Gasteiger partial charge in [-0.2, -0.15) is 5.26 Å². The average molecular weight is 458 g/mol. The first kappa shape index (κ1) is 25.6. The molecule has 33 heavy (non-hydrogen) atoms. The van der Waals surface area contributed by atoms with E-state index in [9.17, 15) is 10.1 Å². The van der Waals surface area contributed by atoms with E-state index < -0.39 is 0 Å². The zero-order valence-corrected chi connectivity index (χ0v) is 20.4. The summed E-state index contributed by atoms with van der Waals surface area (Å²) in [6.45, 7) is 13.3. The van der Waals surface area contributed by atoms with Gasteiger partial charge in [0.25, 0.3) is 0 Å². The van der Waals surface area contributed by atoms with E-state index in [0.29, 0.717) is 25.1 Å². The first-order chi connectivity index (χ1) is 15.8. The molecule has 0 aromatic carbocycles. The second-order valence-electron chi connectivity index (χ2n) is 9.92. The van der Waals surface area contributed by atoms with Crippen molar-refractivity contribution >= 4 is 5.91 Å². The summed E-state index contributed by atoms with van der Waals surface area (Å²) in [4.78, 5) is 22.0. The van der Waals surface area contributed by atoms with Crippen LogP contribution in [-0.2, 0) is 20.7 Å². The van der Waals surface area contributed by atoms with Crippen molar-refractivity contribution in [3.63, 3.8) is 0 Å². The van der Waals surface area contributed by atoms with E-state index in [-0.39, 0.29) is 23.0 Å². The summed E-state index contributed by atoms with van der Waals surface area (Å²) in [6, 6.07) is 7.44. The molecule has 1 aromatic heterocycles. The Kier molecular flexibility index (Phi) is 8.82. The van der Waals surface area contributed by atoms with E-state index in [1.54, 1.807) is 6.07 Å². The summed E-state index contributed by atoms with van der Waals surface area (Å²) in [5, 5.41) is 9.19. The predicted octanol–water partition coefficient (Wildman–Crippen LogP) is 1.97. The normalized spacial score (nSPS) is 24.8. The molecule has 8 nitrogen and oxygen atoms in total. The molecule has 0 aliphatic carbocycles. The van der Waals surface area contributed by atoms with Crippen LogP contribution >= 0.6 is 0 Å². The van der Waals surface area contributed by atoms with Gasteiger partial charge in [-0.15, -0.1) is 0 Å². The number of carbonyl (C=O) groups excluding carboxylic acids is 1. The number of primary amides is 1. The zero-order chi connectivity index (χ0) is 23.9. The van der Waals surface area contributed by atoms with Crippen LogP contribution in [0.2, 0.25) is 0 Å². The lowest BCUT2D eigenvalue weighted by Crippen LogP contribution is -2.62. The van der Waals surface area contributed by atoms with Crippen molar-refractivity contribution in [1.29, 1.82) is 5.26 Å². The van der Waals surface area contributed by atoms with Crippen LogP contribution in [0.3, 0.4) is 0 Å². The SMILES string of the molecule is CCOCCN1CCN(C2(CC(Cc3cccc(C#N)n3)C(N)=O)CCOC(C)(C)C2)CC1. The maximum Gasteiger partial charge on any atom is 0.220 e. The van der Waals surface area contributed by atoms with E-state index in [1.165, 1.54) is 0 Å². The summed E-state index contributed by atoms with van der Waals surface area (Å²) in [7, 11) is 0. The van der Waals surface area contributed by atoms with E-state index >= 15 is 0 Å². The van der Waals surface area contributed by atoms with Crippen molar-refractivity contribution < 1.29 is 14.3 Å². The fourth-order valence-electron chi connectivity index (χ4n) is 5.45. The van der Waals surface area contributed by atoms with Crippen LogP contribution in [0.5, 0.6) is 0 Å². The molecule has 1 amide bonds. The van der Waals surface area contributed by atoms with Gasteiger partial charge in [0.2, 0.25) is 5.91 Å². The number of nitrogens with zero attached hydrogens (tertiary/aromatic N) is 4. The maximum atomic E-state index is 12.6. The minimum atomic E-state index is -0.351. The summed E-state index contributed by atoms with van der Waals surface area (Å²) >= 11 is 0. The summed E-state index contributed by atoms with van der Waals surface area (Å²) < 4.78 is 11.6. The van der Waals surface area contributed by atoms with Crippen molar-refractivity contribution in [2.75, 3.05) is 52.5 Å². The Morgan fingerprint density at radius 1 is 1.33 bits per heavy atom. The fraction of sp³-hybridized carbons (Fsp3) is 0.720. The topological polar surface area (TPSA) is 105 Å². The maximum absolute atomic E-state index is 12.6. The molecule has 182 valence electrons. The molecule has 8 heteroatoms. The number of carbonyl (C=O) groups is 1. The van der Waals surface area contributed by atoms with Gasteiger partial charge in [0.1, 0.15) is 11.8 Å². The number of aromatic nitrogens is 1. The van der Waals surface area contributed by atoms with Crippen molar-refractivity contribution in [2.24, 2.45) is 11.7 Å². The van der Waals surface area contributed by atoms with Gasteiger partial charge >= 0.3 is 0 Å². The van der Waals surface area contributed by atoms with Gasteiger partial charge in [0.15, 0.2) is 0 Å². The molecule has 2 unspecified atom stereocenters. The molecule has 3 rings (SSSR count). The monoisotopic (exact) mass is 457 g/mol. The molecule has 2 saturated heterocycles. The van der Waals surface area contributed by atoms with E-state index in [0.717, 1.165) is 64.5 Å². The lowest BCUT2D eigenvalue weighted by molar-refractivity contribution is -0.141. The average Bonchev–Trinajstić information content (AvgIpc) is 2.78. The molecule has 3 heterocycles. The van der Waals surface area contributed by atoms with Crippen molar-refractivity contribution in [3.05, 3.63) is 29.6 Å². The molecule has 2 N–H and O–H groups in total. The fourth-order valence-corrected chi connectivity index (χ4v) is 5.45. The molecule has 2 fully saturated rings. The van der Waals surface area contributed by atoms with Crippen LogP contribution in [0.4, 0.5) is 0 Å². The first-order valence-electron chi connectivity index (χ1n) is 12.1. The molecular weight excluding hydrogens is 418 g/mol. The highest BCUT2D eigenvalue weighted by Gasteiger charge is 2.47. The van der Waals surface area contributed by atoms with Crippen molar-refractivity contribution in [2.45, 2.75) is 57.6 Å². The highest BCUT2D eigenvalue weighted by molar-refractivity contribution is 5.77. The number of pyridine rings is 1.